The summed E-state index contributed by atoms with van der Waals surface area (Å²) in [4.78, 5) is 14.6. The van der Waals surface area contributed by atoms with Gasteiger partial charge in [0.2, 0.25) is 0 Å². The van der Waals surface area contributed by atoms with Gasteiger partial charge in [0.15, 0.2) is 0 Å². The summed E-state index contributed by atoms with van der Waals surface area (Å²) in [5.74, 6) is 0.578. The van der Waals surface area contributed by atoms with Gasteiger partial charge in [-0.05, 0) is 66.5 Å². The Kier molecular flexibility index (Phi) is 6.42. The largest absolute Gasteiger partial charge is 0.489 e. The summed E-state index contributed by atoms with van der Waals surface area (Å²) >= 11 is 0. The quantitative estimate of drug-likeness (QED) is 0.530. The molecular formula is C25H27NO3. The van der Waals surface area contributed by atoms with E-state index in [9.17, 15) is 4.79 Å². The zero-order valence-electron chi connectivity index (χ0n) is 16.7. The molecule has 1 aliphatic heterocycles. The molecule has 4 rings (SSSR count). The molecule has 0 unspecified atom stereocenters. The van der Waals surface area contributed by atoms with E-state index in [-0.39, 0.29) is 5.97 Å². The predicted octanol–water partition coefficient (Wildman–Crippen LogP) is 5.06. The van der Waals surface area contributed by atoms with Gasteiger partial charge in [-0.15, -0.1) is 0 Å². The Balaban J connectivity index is 1.26. The van der Waals surface area contributed by atoms with Crippen molar-refractivity contribution in [1.29, 1.82) is 0 Å². The van der Waals surface area contributed by atoms with Crippen molar-refractivity contribution in [2.45, 2.75) is 25.9 Å². The van der Waals surface area contributed by atoms with Crippen molar-refractivity contribution in [3.05, 3.63) is 77.9 Å². The molecule has 150 valence electrons. The van der Waals surface area contributed by atoms with E-state index < -0.39 is 0 Å². The van der Waals surface area contributed by atoms with Gasteiger partial charge in [-0.3, -0.25) is 4.90 Å². The zero-order chi connectivity index (χ0) is 19.9. The summed E-state index contributed by atoms with van der Waals surface area (Å²) in [6.07, 6.45) is 3.81. The van der Waals surface area contributed by atoms with Gasteiger partial charge in [-0.1, -0.05) is 48.9 Å². The van der Waals surface area contributed by atoms with Gasteiger partial charge in [-0.25, -0.2) is 4.79 Å². The molecule has 0 radical (unpaired) electrons. The second kappa shape index (κ2) is 9.57. The first-order valence-electron chi connectivity index (χ1n) is 10.4. The number of carbonyl (C=O) groups is 1. The van der Waals surface area contributed by atoms with Gasteiger partial charge >= 0.3 is 5.97 Å². The molecule has 3 aromatic carbocycles. The van der Waals surface area contributed by atoms with Crippen LogP contribution in [0, 0.1) is 0 Å². The van der Waals surface area contributed by atoms with Crippen LogP contribution in [-0.2, 0) is 11.3 Å². The first kappa shape index (κ1) is 19.5. The third-order valence-corrected chi connectivity index (χ3v) is 5.41. The predicted molar refractivity (Wildman–Crippen MR) is 115 cm³/mol. The van der Waals surface area contributed by atoms with Crippen LogP contribution in [0.25, 0.3) is 10.8 Å². The Morgan fingerprint density at radius 1 is 0.862 bits per heavy atom. The van der Waals surface area contributed by atoms with Crippen LogP contribution in [-0.4, -0.2) is 37.1 Å². The van der Waals surface area contributed by atoms with E-state index in [1.165, 1.54) is 24.6 Å². The Morgan fingerprint density at radius 2 is 1.62 bits per heavy atom. The van der Waals surface area contributed by atoms with Gasteiger partial charge in [0, 0.05) is 6.54 Å². The number of ether oxygens (including phenoxy) is 2. The first-order valence-corrected chi connectivity index (χ1v) is 10.4. The standard InChI is InChI=1S/C25H27NO3/c27-25(28-17-16-26-14-4-1-5-15-26)22-10-8-20(9-11-22)19-29-24-13-12-21-6-2-3-7-23(21)18-24/h2-3,6-13,18H,1,4-5,14-17,19H2. The Hall–Kier alpha value is -2.85. The van der Waals surface area contributed by atoms with Crippen molar-refractivity contribution in [3.63, 3.8) is 0 Å². The van der Waals surface area contributed by atoms with E-state index in [1.54, 1.807) is 0 Å². The summed E-state index contributed by atoms with van der Waals surface area (Å²) < 4.78 is 11.3. The number of piperidine rings is 1. The molecule has 0 aliphatic carbocycles. The average molecular weight is 389 g/mol. The van der Waals surface area contributed by atoms with Gasteiger partial charge in [0.05, 0.1) is 5.56 Å². The smallest absolute Gasteiger partial charge is 0.338 e. The number of likely N-dealkylation sites (tertiary alicyclic amines) is 1. The number of hydrogen-bond acceptors (Lipinski definition) is 4. The molecule has 0 bridgehead atoms. The van der Waals surface area contributed by atoms with Crippen molar-refractivity contribution in [2.75, 3.05) is 26.2 Å². The molecule has 4 heteroatoms. The van der Waals surface area contributed by atoms with Crippen LogP contribution in [0.4, 0.5) is 0 Å². The number of benzene rings is 3. The van der Waals surface area contributed by atoms with Crippen LogP contribution in [0.5, 0.6) is 5.75 Å². The van der Waals surface area contributed by atoms with Crippen molar-refractivity contribution >= 4 is 16.7 Å². The lowest BCUT2D eigenvalue weighted by atomic mass is 10.1. The molecule has 0 spiro atoms. The van der Waals surface area contributed by atoms with E-state index in [1.807, 2.05) is 48.5 Å². The molecule has 0 aromatic heterocycles. The lowest BCUT2D eigenvalue weighted by Gasteiger charge is -2.25. The summed E-state index contributed by atoms with van der Waals surface area (Å²) in [5.41, 5.74) is 1.60. The Labute approximate surface area is 172 Å². The van der Waals surface area contributed by atoms with Crippen LogP contribution >= 0.6 is 0 Å². The second-order valence-electron chi connectivity index (χ2n) is 7.53. The lowest BCUT2D eigenvalue weighted by molar-refractivity contribution is 0.0452. The second-order valence-corrected chi connectivity index (χ2v) is 7.53. The number of rotatable bonds is 7. The van der Waals surface area contributed by atoms with Gasteiger partial charge in [0.25, 0.3) is 0 Å². The molecule has 0 saturated carbocycles. The van der Waals surface area contributed by atoms with Crippen molar-refractivity contribution in [3.8, 4) is 5.75 Å². The number of esters is 1. The van der Waals surface area contributed by atoms with E-state index in [4.69, 9.17) is 9.47 Å². The molecule has 4 nitrogen and oxygen atoms in total. The van der Waals surface area contributed by atoms with Gasteiger partial charge in [0.1, 0.15) is 19.0 Å². The first-order chi connectivity index (χ1) is 14.3. The summed E-state index contributed by atoms with van der Waals surface area (Å²) in [6, 6.07) is 21.8. The van der Waals surface area contributed by atoms with Crippen molar-refractivity contribution in [2.24, 2.45) is 0 Å². The Morgan fingerprint density at radius 3 is 2.41 bits per heavy atom. The molecule has 3 aromatic rings. The van der Waals surface area contributed by atoms with Crippen molar-refractivity contribution in [1.82, 2.24) is 4.90 Å². The number of nitrogens with zero attached hydrogens (tertiary/aromatic N) is 1. The minimum Gasteiger partial charge on any atom is -0.489 e. The highest BCUT2D eigenvalue weighted by atomic mass is 16.5. The summed E-state index contributed by atoms with van der Waals surface area (Å²) in [7, 11) is 0. The Bertz CT molecular complexity index is 946. The fourth-order valence-electron chi connectivity index (χ4n) is 3.69. The molecule has 1 saturated heterocycles. The highest BCUT2D eigenvalue weighted by Gasteiger charge is 2.12. The normalized spacial score (nSPS) is 14.6. The molecule has 0 N–H and O–H groups in total. The minimum absolute atomic E-state index is 0.260. The minimum atomic E-state index is -0.260. The molecule has 1 aliphatic rings. The maximum atomic E-state index is 12.2. The number of fused-ring (bicyclic) bond motifs is 1. The third kappa shape index (κ3) is 5.36. The maximum absolute atomic E-state index is 12.2. The monoisotopic (exact) mass is 389 g/mol. The zero-order valence-corrected chi connectivity index (χ0v) is 16.7. The van der Waals surface area contributed by atoms with E-state index in [0.717, 1.165) is 36.3 Å². The molecule has 1 heterocycles. The summed E-state index contributed by atoms with van der Waals surface area (Å²) in [6.45, 7) is 3.96. The van der Waals surface area contributed by atoms with Crippen LogP contribution in [0.1, 0.15) is 35.2 Å². The van der Waals surface area contributed by atoms with Crippen LogP contribution in [0.15, 0.2) is 66.7 Å². The van der Waals surface area contributed by atoms with Crippen LogP contribution in [0.3, 0.4) is 0 Å². The third-order valence-electron chi connectivity index (χ3n) is 5.41. The van der Waals surface area contributed by atoms with Crippen LogP contribution < -0.4 is 4.74 Å². The lowest BCUT2D eigenvalue weighted by Crippen LogP contribution is -2.33. The van der Waals surface area contributed by atoms with E-state index in [0.29, 0.717) is 18.8 Å². The molecule has 1 fully saturated rings. The van der Waals surface area contributed by atoms with Crippen molar-refractivity contribution < 1.29 is 14.3 Å². The summed E-state index contributed by atoms with van der Waals surface area (Å²) in [5, 5.41) is 2.36. The van der Waals surface area contributed by atoms with Gasteiger partial charge < -0.3 is 9.47 Å². The number of hydrogen-bond donors (Lipinski definition) is 0. The number of carbonyl (C=O) groups excluding carboxylic acids is 1. The molecule has 0 atom stereocenters. The topological polar surface area (TPSA) is 38.8 Å². The fourth-order valence-corrected chi connectivity index (χ4v) is 3.69. The molecule has 29 heavy (non-hydrogen) atoms. The SMILES string of the molecule is O=C(OCCN1CCCCC1)c1ccc(COc2ccc3ccccc3c2)cc1. The highest BCUT2D eigenvalue weighted by molar-refractivity contribution is 5.89. The maximum Gasteiger partial charge on any atom is 0.338 e. The fraction of sp³-hybridized carbons (Fsp3) is 0.320. The average Bonchev–Trinajstić information content (AvgIpc) is 2.78. The molecular weight excluding hydrogens is 362 g/mol. The van der Waals surface area contributed by atoms with E-state index in [2.05, 4.69) is 23.1 Å². The molecule has 0 amide bonds. The highest BCUT2D eigenvalue weighted by Crippen LogP contribution is 2.21. The van der Waals surface area contributed by atoms with Crippen LogP contribution in [0.2, 0.25) is 0 Å². The van der Waals surface area contributed by atoms with E-state index >= 15 is 0 Å². The van der Waals surface area contributed by atoms with Gasteiger partial charge in [-0.2, -0.15) is 0 Å².